The van der Waals surface area contributed by atoms with Gasteiger partial charge in [0.15, 0.2) is 0 Å². The van der Waals surface area contributed by atoms with Crippen LogP contribution in [0.15, 0.2) is 0 Å². The topological polar surface area (TPSA) is 24.1 Å². The van der Waals surface area contributed by atoms with Gasteiger partial charge in [-0.15, -0.1) is 0 Å². The van der Waals surface area contributed by atoms with Crippen LogP contribution in [0.25, 0.3) is 0 Å². The van der Waals surface area contributed by atoms with Gasteiger partial charge in [0.05, 0.1) is 0 Å². The van der Waals surface area contributed by atoms with Gasteiger partial charge in [0, 0.05) is 18.6 Å². The molecular weight excluding hydrogens is 196 g/mol. The molecular formula is C14H30N2. The van der Waals surface area contributed by atoms with Gasteiger partial charge in [0.1, 0.15) is 0 Å². The zero-order valence-electron chi connectivity index (χ0n) is 11.6. The van der Waals surface area contributed by atoms with Crippen molar-refractivity contribution in [1.29, 1.82) is 0 Å². The van der Waals surface area contributed by atoms with E-state index in [1.165, 1.54) is 38.6 Å². The van der Waals surface area contributed by atoms with Crippen molar-refractivity contribution in [2.75, 3.05) is 13.1 Å². The Bertz CT molecular complexity index is 176. The first-order valence-electron chi connectivity index (χ1n) is 6.94. The summed E-state index contributed by atoms with van der Waals surface area (Å²) in [6.07, 6.45) is 6.81. The van der Waals surface area contributed by atoms with E-state index in [1.54, 1.807) is 0 Å². The molecule has 16 heavy (non-hydrogen) atoms. The number of nitrogens with one attached hydrogen (secondary N) is 2. The Morgan fingerprint density at radius 2 is 2.00 bits per heavy atom. The van der Waals surface area contributed by atoms with Crippen LogP contribution in [-0.4, -0.2) is 25.2 Å². The summed E-state index contributed by atoms with van der Waals surface area (Å²) in [6, 6.07) is 1.37. The maximum atomic E-state index is 3.67. The third-order valence-corrected chi connectivity index (χ3v) is 3.28. The highest BCUT2D eigenvalue weighted by Crippen LogP contribution is 2.14. The first-order valence-corrected chi connectivity index (χ1v) is 6.94. The van der Waals surface area contributed by atoms with Crippen LogP contribution in [0.5, 0.6) is 0 Å². The predicted molar refractivity (Wildman–Crippen MR) is 71.8 cm³/mol. The maximum Gasteiger partial charge on any atom is 0.00817 e. The molecule has 2 heteroatoms. The van der Waals surface area contributed by atoms with Crippen LogP contribution in [0.4, 0.5) is 0 Å². The average Bonchev–Trinajstić information content (AvgIpc) is 2.42. The highest BCUT2D eigenvalue weighted by molar-refractivity contribution is 4.77. The van der Waals surface area contributed by atoms with Crippen molar-refractivity contribution < 1.29 is 0 Å². The van der Waals surface area contributed by atoms with Crippen molar-refractivity contribution in [3.05, 3.63) is 0 Å². The molecule has 0 amide bonds. The van der Waals surface area contributed by atoms with Crippen LogP contribution in [-0.2, 0) is 0 Å². The van der Waals surface area contributed by atoms with E-state index < -0.39 is 0 Å². The highest BCUT2D eigenvalue weighted by Gasteiger charge is 2.16. The lowest BCUT2D eigenvalue weighted by Crippen LogP contribution is -2.39. The molecule has 2 unspecified atom stereocenters. The van der Waals surface area contributed by atoms with E-state index in [0.29, 0.717) is 11.5 Å². The molecule has 2 atom stereocenters. The minimum atomic E-state index is 0.394. The van der Waals surface area contributed by atoms with Crippen molar-refractivity contribution in [2.24, 2.45) is 5.41 Å². The van der Waals surface area contributed by atoms with E-state index in [0.717, 1.165) is 12.6 Å². The Morgan fingerprint density at radius 1 is 1.25 bits per heavy atom. The average molecular weight is 226 g/mol. The van der Waals surface area contributed by atoms with Gasteiger partial charge in [-0.25, -0.2) is 0 Å². The summed E-state index contributed by atoms with van der Waals surface area (Å²) in [4.78, 5) is 0. The summed E-state index contributed by atoms with van der Waals surface area (Å²) in [6.45, 7) is 11.5. The lowest BCUT2D eigenvalue weighted by atomic mass is 9.96. The Kier molecular flexibility index (Phi) is 5.77. The van der Waals surface area contributed by atoms with Gasteiger partial charge in [-0.05, 0) is 38.1 Å². The van der Waals surface area contributed by atoms with Crippen LogP contribution in [0.3, 0.4) is 0 Å². The summed E-state index contributed by atoms with van der Waals surface area (Å²) >= 11 is 0. The summed E-state index contributed by atoms with van der Waals surface area (Å²) < 4.78 is 0. The second-order valence-corrected chi connectivity index (χ2v) is 6.58. The lowest BCUT2D eigenvalue weighted by molar-refractivity contribution is 0.330. The molecule has 0 aromatic carbocycles. The smallest absolute Gasteiger partial charge is 0.00817 e. The fourth-order valence-corrected chi connectivity index (χ4v) is 2.29. The molecule has 1 heterocycles. The standard InChI is InChI=1S/C14H30N2/c1-12(16-11-14(2,3)4)10-13-8-6-5-7-9-15-13/h12-13,15-16H,5-11H2,1-4H3. The molecule has 0 spiro atoms. The molecule has 1 aliphatic rings. The van der Waals surface area contributed by atoms with E-state index in [4.69, 9.17) is 0 Å². The van der Waals surface area contributed by atoms with Gasteiger partial charge in [0.25, 0.3) is 0 Å². The molecule has 1 fully saturated rings. The van der Waals surface area contributed by atoms with Crippen LogP contribution < -0.4 is 10.6 Å². The minimum absolute atomic E-state index is 0.394. The minimum Gasteiger partial charge on any atom is -0.314 e. The number of hydrogen-bond donors (Lipinski definition) is 2. The fraction of sp³-hybridized carbons (Fsp3) is 1.00. The Hall–Kier alpha value is -0.0800. The summed E-state index contributed by atoms with van der Waals surface area (Å²) in [7, 11) is 0. The van der Waals surface area contributed by atoms with Crippen molar-refractivity contribution in [1.82, 2.24) is 10.6 Å². The van der Waals surface area contributed by atoms with Crippen molar-refractivity contribution in [3.63, 3.8) is 0 Å². The monoisotopic (exact) mass is 226 g/mol. The van der Waals surface area contributed by atoms with Crippen LogP contribution in [0.2, 0.25) is 0 Å². The third-order valence-electron chi connectivity index (χ3n) is 3.28. The lowest BCUT2D eigenvalue weighted by Gasteiger charge is -2.25. The summed E-state index contributed by atoms with van der Waals surface area (Å²) in [5.74, 6) is 0. The Balaban J connectivity index is 2.19. The van der Waals surface area contributed by atoms with Crippen LogP contribution in [0.1, 0.15) is 59.8 Å². The first kappa shape index (κ1) is 14.0. The second kappa shape index (κ2) is 6.61. The quantitative estimate of drug-likeness (QED) is 0.770. The van der Waals surface area contributed by atoms with Crippen LogP contribution >= 0.6 is 0 Å². The molecule has 2 nitrogen and oxygen atoms in total. The molecule has 2 N–H and O–H groups in total. The third kappa shape index (κ3) is 6.49. The van der Waals surface area contributed by atoms with E-state index in [9.17, 15) is 0 Å². The summed E-state index contributed by atoms with van der Waals surface area (Å²) in [5.41, 5.74) is 0.394. The second-order valence-electron chi connectivity index (χ2n) is 6.58. The molecule has 0 aliphatic carbocycles. The largest absolute Gasteiger partial charge is 0.314 e. The number of rotatable bonds is 4. The highest BCUT2D eigenvalue weighted by atomic mass is 15.0. The van der Waals surface area contributed by atoms with Crippen molar-refractivity contribution in [3.8, 4) is 0 Å². The molecule has 0 bridgehead atoms. The van der Waals surface area contributed by atoms with Gasteiger partial charge >= 0.3 is 0 Å². The number of hydrogen-bond acceptors (Lipinski definition) is 2. The maximum absolute atomic E-state index is 3.67. The first-order chi connectivity index (χ1) is 7.47. The zero-order chi connectivity index (χ0) is 12.0. The van der Waals surface area contributed by atoms with E-state index in [2.05, 4.69) is 38.3 Å². The zero-order valence-corrected chi connectivity index (χ0v) is 11.6. The predicted octanol–water partition coefficient (Wildman–Crippen LogP) is 2.93. The molecule has 0 radical (unpaired) electrons. The van der Waals surface area contributed by atoms with E-state index in [1.807, 2.05) is 0 Å². The molecule has 1 aliphatic heterocycles. The van der Waals surface area contributed by atoms with Crippen LogP contribution in [0, 0.1) is 5.41 Å². The molecule has 96 valence electrons. The Labute approximate surface area is 102 Å². The van der Waals surface area contributed by atoms with Crippen molar-refractivity contribution in [2.45, 2.75) is 71.9 Å². The van der Waals surface area contributed by atoms with Gasteiger partial charge in [-0.1, -0.05) is 33.6 Å². The van der Waals surface area contributed by atoms with Gasteiger partial charge < -0.3 is 10.6 Å². The van der Waals surface area contributed by atoms with E-state index >= 15 is 0 Å². The fourth-order valence-electron chi connectivity index (χ4n) is 2.29. The van der Waals surface area contributed by atoms with Gasteiger partial charge in [-0.3, -0.25) is 0 Å². The van der Waals surface area contributed by atoms with E-state index in [-0.39, 0.29) is 0 Å². The SMILES string of the molecule is CC(CC1CCCCCN1)NCC(C)(C)C. The Morgan fingerprint density at radius 3 is 2.69 bits per heavy atom. The molecule has 1 saturated heterocycles. The van der Waals surface area contributed by atoms with Gasteiger partial charge in [0.2, 0.25) is 0 Å². The molecule has 0 aromatic heterocycles. The normalized spacial score (nSPS) is 25.1. The molecule has 0 saturated carbocycles. The molecule has 1 rings (SSSR count). The molecule has 0 aromatic rings. The van der Waals surface area contributed by atoms with Crippen molar-refractivity contribution >= 4 is 0 Å². The van der Waals surface area contributed by atoms with Gasteiger partial charge in [-0.2, -0.15) is 0 Å². The summed E-state index contributed by atoms with van der Waals surface area (Å²) in [5, 5.41) is 7.32.